The van der Waals surface area contributed by atoms with E-state index in [4.69, 9.17) is 15.9 Å². The molecule has 0 spiro atoms. The van der Waals surface area contributed by atoms with E-state index >= 15 is 0 Å². The molecule has 0 unspecified atom stereocenters. The number of ether oxygens (including phenoxy) is 1. The summed E-state index contributed by atoms with van der Waals surface area (Å²) in [6.45, 7) is 3.83. The Bertz CT molecular complexity index is 722. The van der Waals surface area contributed by atoms with Gasteiger partial charge >= 0.3 is 0 Å². The number of hydrogen-bond donors (Lipinski definition) is 2. The molecule has 1 aromatic heterocycles. The molecule has 0 bridgehead atoms. The number of nitrogen functional groups attached to an aromatic ring is 1. The zero-order valence-corrected chi connectivity index (χ0v) is 12.4. The minimum absolute atomic E-state index is 0.0174. The van der Waals surface area contributed by atoms with Gasteiger partial charge in [-0.25, -0.2) is 4.98 Å². The lowest BCUT2D eigenvalue weighted by Crippen LogP contribution is -2.15. The Hall–Kier alpha value is -2.36. The van der Waals surface area contributed by atoms with Gasteiger partial charge in [0.1, 0.15) is 11.6 Å². The molecule has 4 nitrogen and oxygen atoms in total. The predicted octanol–water partition coefficient (Wildman–Crippen LogP) is 3.26. The second-order valence-corrected chi connectivity index (χ2v) is 5.56. The normalized spacial score (nSPS) is 13.0. The molecule has 3 N–H and O–H groups in total. The van der Waals surface area contributed by atoms with Crippen LogP contribution in [0.15, 0.2) is 24.3 Å². The van der Waals surface area contributed by atoms with Crippen LogP contribution >= 0.6 is 0 Å². The highest BCUT2D eigenvalue weighted by Gasteiger charge is 2.16. The molecule has 0 saturated heterocycles. The summed E-state index contributed by atoms with van der Waals surface area (Å²) in [6, 6.07) is 8.07. The quantitative estimate of drug-likeness (QED) is 0.670. The van der Waals surface area contributed by atoms with E-state index in [1.54, 1.807) is 0 Å². The Morgan fingerprint density at radius 2 is 1.95 bits per heavy atom. The van der Waals surface area contributed by atoms with Gasteiger partial charge in [0.2, 0.25) is 5.88 Å². The van der Waals surface area contributed by atoms with Crippen LogP contribution in [0.25, 0.3) is 0 Å². The van der Waals surface area contributed by atoms with E-state index < -0.39 is 0 Å². The van der Waals surface area contributed by atoms with Crippen molar-refractivity contribution in [1.29, 1.82) is 5.41 Å². The van der Waals surface area contributed by atoms with Gasteiger partial charge in [-0.2, -0.15) is 0 Å². The molecule has 0 atom stereocenters. The van der Waals surface area contributed by atoms with Gasteiger partial charge in [0, 0.05) is 5.69 Å². The maximum atomic E-state index is 7.73. The summed E-state index contributed by atoms with van der Waals surface area (Å²) in [5, 5.41) is 7.73. The summed E-state index contributed by atoms with van der Waals surface area (Å²) >= 11 is 0. The van der Waals surface area contributed by atoms with Crippen molar-refractivity contribution < 1.29 is 4.74 Å². The van der Waals surface area contributed by atoms with Gasteiger partial charge in [-0.05, 0) is 68.0 Å². The third-order valence-electron chi connectivity index (χ3n) is 3.87. The van der Waals surface area contributed by atoms with E-state index in [1.165, 1.54) is 17.5 Å². The molecule has 2 aromatic rings. The Labute approximate surface area is 124 Å². The molecule has 1 heterocycles. The van der Waals surface area contributed by atoms with E-state index in [2.05, 4.69) is 17.1 Å². The maximum Gasteiger partial charge on any atom is 0.230 e. The zero-order valence-electron chi connectivity index (χ0n) is 12.4. The number of pyridine rings is 1. The summed E-state index contributed by atoms with van der Waals surface area (Å²) in [4.78, 5) is 4.40. The lowest BCUT2D eigenvalue weighted by Gasteiger charge is -2.13. The van der Waals surface area contributed by atoms with Gasteiger partial charge in [0.25, 0.3) is 0 Å². The molecular weight excluding hydrogens is 262 g/mol. The van der Waals surface area contributed by atoms with Crippen molar-refractivity contribution in [3.05, 3.63) is 52.2 Å². The molecule has 0 saturated carbocycles. The molecule has 0 aliphatic heterocycles. The second kappa shape index (κ2) is 5.20. The molecule has 4 heteroatoms. The van der Waals surface area contributed by atoms with Gasteiger partial charge in [0.15, 0.2) is 0 Å². The molecule has 21 heavy (non-hydrogen) atoms. The lowest BCUT2D eigenvalue weighted by atomic mass is 10.1. The summed E-state index contributed by atoms with van der Waals surface area (Å²) in [7, 11) is 0. The largest absolute Gasteiger partial charge is 0.438 e. The summed E-state index contributed by atoms with van der Waals surface area (Å²) in [6.07, 6.45) is 3.46. The van der Waals surface area contributed by atoms with Crippen molar-refractivity contribution in [2.75, 3.05) is 0 Å². The minimum atomic E-state index is -0.0174. The number of nitrogens with one attached hydrogen (secondary N) is 1. The first-order valence-corrected chi connectivity index (χ1v) is 7.17. The fraction of sp³-hybridized carbons (Fsp3) is 0.294. The first-order chi connectivity index (χ1) is 10.0. The molecule has 3 rings (SSSR count). The van der Waals surface area contributed by atoms with Crippen LogP contribution in [0, 0.1) is 19.3 Å². The van der Waals surface area contributed by atoms with Crippen molar-refractivity contribution in [3.8, 4) is 11.6 Å². The summed E-state index contributed by atoms with van der Waals surface area (Å²) in [5.41, 5.74) is 10.8. The van der Waals surface area contributed by atoms with Gasteiger partial charge < -0.3 is 10.5 Å². The number of hydrogen-bond acceptors (Lipinski definition) is 3. The number of amidine groups is 1. The second-order valence-electron chi connectivity index (χ2n) is 5.56. The smallest absolute Gasteiger partial charge is 0.230 e. The van der Waals surface area contributed by atoms with Crippen molar-refractivity contribution in [2.45, 2.75) is 33.1 Å². The first-order valence-electron chi connectivity index (χ1n) is 7.17. The fourth-order valence-electron chi connectivity index (χ4n) is 2.93. The third-order valence-corrected chi connectivity index (χ3v) is 3.87. The molecule has 1 aromatic carbocycles. The van der Waals surface area contributed by atoms with E-state index in [1.807, 2.05) is 26.0 Å². The summed E-state index contributed by atoms with van der Waals surface area (Å²) in [5.74, 6) is 1.16. The molecule has 1 aliphatic carbocycles. The molecule has 0 amide bonds. The van der Waals surface area contributed by atoms with E-state index in [0.29, 0.717) is 11.4 Å². The number of rotatable bonds is 3. The monoisotopic (exact) mass is 281 g/mol. The number of aromatic nitrogens is 1. The highest BCUT2D eigenvalue weighted by molar-refractivity contribution is 5.98. The van der Waals surface area contributed by atoms with Gasteiger partial charge in [-0.1, -0.05) is 6.07 Å². The van der Waals surface area contributed by atoms with Gasteiger partial charge in [0.05, 0.1) is 5.56 Å². The fourth-order valence-corrected chi connectivity index (χ4v) is 2.93. The number of fused-ring (bicyclic) bond motifs is 1. The first kappa shape index (κ1) is 13.6. The van der Waals surface area contributed by atoms with E-state index in [-0.39, 0.29) is 5.84 Å². The maximum absolute atomic E-state index is 7.73. The number of benzene rings is 1. The standard InChI is InChI=1S/C17H19N3O/c1-10-8-11(2)20-17(15(10)16(18)19)21-14-7-6-12-4-3-5-13(12)9-14/h6-9H,3-5H2,1-2H3,(H3,18,19). The Morgan fingerprint density at radius 1 is 1.19 bits per heavy atom. The van der Waals surface area contributed by atoms with Crippen LogP contribution in [0.2, 0.25) is 0 Å². The summed E-state index contributed by atoms with van der Waals surface area (Å²) < 4.78 is 5.93. The van der Waals surface area contributed by atoms with Crippen molar-refractivity contribution >= 4 is 5.84 Å². The predicted molar refractivity (Wildman–Crippen MR) is 83.3 cm³/mol. The molecule has 0 radical (unpaired) electrons. The highest BCUT2D eigenvalue weighted by Crippen LogP contribution is 2.30. The minimum Gasteiger partial charge on any atom is -0.438 e. The van der Waals surface area contributed by atoms with Crippen LogP contribution in [0.3, 0.4) is 0 Å². The van der Waals surface area contributed by atoms with Crippen LogP contribution in [0.5, 0.6) is 11.6 Å². The van der Waals surface area contributed by atoms with E-state index in [0.717, 1.165) is 29.8 Å². The van der Waals surface area contributed by atoms with Gasteiger partial charge in [-0.15, -0.1) is 0 Å². The molecule has 0 fully saturated rings. The highest BCUT2D eigenvalue weighted by atomic mass is 16.5. The van der Waals surface area contributed by atoms with E-state index in [9.17, 15) is 0 Å². The van der Waals surface area contributed by atoms with Gasteiger partial charge in [-0.3, -0.25) is 5.41 Å². The van der Waals surface area contributed by atoms with Crippen LogP contribution in [0.1, 0.15) is 34.4 Å². The van der Waals surface area contributed by atoms with Crippen molar-refractivity contribution in [1.82, 2.24) is 4.98 Å². The Balaban J connectivity index is 1.99. The lowest BCUT2D eigenvalue weighted by molar-refractivity contribution is 0.459. The van der Waals surface area contributed by atoms with Crippen LogP contribution in [-0.4, -0.2) is 10.8 Å². The molecule has 1 aliphatic rings. The topological polar surface area (TPSA) is 72.0 Å². The zero-order chi connectivity index (χ0) is 15.0. The Kier molecular flexibility index (Phi) is 3.37. The van der Waals surface area contributed by atoms with Crippen molar-refractivity contribution in [3.63, 3.8) is 0 Å². The van der Waals surface area contributed by atoms with Crippen LogP contribution in [0.4, 0.5) is 0 Å². The SMILES string of the molecule is Cc1cc(C)c(C(=N)N)c(Oc2ccc3c(c2)CCC3)n1. The Morgan fingerprint density at radius 3 is 2.71 bits per heavy atom. The number of nitrogens with two attached hydrogens (primary N) is 1. The average molecular weight is 281 g/mol. The van der Waals surface area contributed by atoms with Crippen molar-refractivity contribution in [2.24, 2.45) is 5.73 Å². The third kappa shape index (κ3) is 2.61. The molecule has 108 valence electrons. The molecular formula is C17H19N3O. The van der Waals surface area contributed by atoms with Crippen LogP contribution in [-0.2, 0) is 12.8 Å². The van der Waals surface area contributed by atoms with Crippen LogP contribution < -0.4 is 10.5 Å². The number of aryl methyl sites for hydroxylation is 4. The number of nitrogens with zero attached hydrogens (tertiary/aromatic N) is 1. The average Bonchev–Trinajstić information content (AvgIpc) is 2.84.